The number of anilines is 1. The van der Waals surface area contributed by atoms with Crippen LogP contribution in [-0.4, -0.2) is 28.4 Å². The number of carbonyl (C=O) groups is 1. The second-order valence-corrected chi connectivity index (χ2v) is 11.0. The Morgan fingerprint density at radius 1 is 0.872 bits per heavy atom. The lowest BCUT2D eigenvalue weighted by molar-refractivity contribution is -0.274. The van der Waals surface area contributed by atoms with Gasteiger partial charge in [0.2, 0.25) is 5.95 Å². The Bertz CT molecular complexity index is 2090. The largest absolute Gasteiger partial charge is 0.573 e. The number of benzene rings is 5. The molecule has 47 heavy (non-hydrogen) atoms. The molecule has 6 aromatic rings. The standard InChI is InChI=1S/C23H16F3N3O3.C14H14O/c1-29-21(31)18-12-9-16(14-7-10-17(11-8-14)32-23(24,25)26)13-19(18)27-22(29)28-20(30)15-5-3-2-4-6-15;1-2-5-12-10-13(8-7-11(12)4-1)14-6-3-9-15-14/h2-13H,1H3,(H,27,28,30);1-2,4-5,7-8,10,14H,3,6,9H2/t;14-/m.0/s1. The summed E-state index contributed by atoms with van der Waals surface area (Å²) in [5, 5.41) is 5.59. The normalized spacial score (nSPS) is 14.4. The fourth-order valence-corrected chi connectivity index (χ4v) is 5.42. The van der Waals surface area contributed by atoms with Crippen LogP contribution in [0.2, 0.25) is 0 Å². The Balaban J connectivity index is 0.000000213. The van der Waals surface area contributed by atoms with Gasteiger partial charge in [-0.25, -0.2) is 4.98 Å². The zero-order chi connectivity index (χ0) is 33.0. The molecule has 10 heteroatoms. The van der Waals surface area contributed by atoms with Crippen molar-refractivity contribution in [3.63, 3.8) is 0 Å². The van der Waals surface area contributed by atoms with Gasteiger partial charge in [0.15, 0.2) is 0 Å². The number of ether oxygens (including phenoxy) is 2. The van der Waals surface area contributed by atoms with Gasteiger partial charge >= 0.3 is 6.36 Å². The van der Waals surface area contributed by atoms with Gasteiger partial charge in [0.05, 0.1) is 17.0 Å². The van der Waals surface area contributed by atoms with Crippen molar-refractivity contribution in [1.82, 2.24) is 9.55 Å². The fourth-order valence-electron chi connectivity index (χ4n) is 5.42. The number of aromatic nitrogens is 2. The monoisotopic (exact) mass is 637 g/mol. The minimum atomic E-state index is -4.77. The maximum Gasteiger partial charge on any atom is 0.573 e. The van der Waals surface area contributed by atoms with Gasteiger partial charge in [0.1, 0.15) is 5.75 Å². The highest BCUT2D eigenvalue weighted by Gasteiger charge is 2.31. The number of fused-ring (bicyclic) bond motifs is 2. The number of amides is 1. The van der Waals surface area contributed by atoms with E-state index in [0.29, 0.717) is 33.7 Å². The maximum absolute atomic E-state index is 12.7. The molecular formula is C37H30F3N3O4. The second-order valence-electron chi connectivity index (χ2n) is 11.0. The molecule has 0 unspecified atom stereocenters. The number of hydrogen-bond donors (Lipinski definition) is 1. The molecule has 0 radical (unpaired) electrons. The van der Waals surface area contributed by atoms with Crippen LogP contribution in [0.4, 0.5) is 19.1 Å². The van der Waals surface area contributed by atoms with E-state index in [4.69, 9.17) is 4.74 Å². The minimum Gasteiger partial charge on any atom is -0.406 e. The van der Waals surface area contributed by atoms with Crippen LogP contribution >= 0.6 is 0 Å². The summed E-state index contributed by atoms with van der Waals surface area (Å²) in [6, 6.07) is 33.9. The highest BCUT2D eigenvalue weighted by Crippen LogP contribution is 2.31. The third-order valence-corrected chi connectivity index (χ3v) is 7.83. The number of carbonyl (C=O) groups excluding carboxylic acids is 1. The third kappa shape index (κ3) is 7.50. The van der Waals surface area contributed by atoms with Crippen molar-refractivity contribution in [2.75, 3.05) is 11.9 Å². The number of nitrogens with one attached hydrogen (secondary N) is 1. The minimum absolute atomic E-state index is 0.0717. The molecular weight excluding hydrogens is 607 g/mol. The van der Waals surface area contributed by atoms with Gasteiger partial charge in [-0.1, -0.05) is 72.8 Å². The van der Waals surface area contributed by atoms with Crippen LogP contribution in [0.3, 0.4) is 0 Å². The lowest BCUT2D eigenvalue weighted by atomic mass is 10.0. The molecule has 1 fully saturated rings. The van der Waals surface area contributed by atoms with Crippen LogP contribution < -0.4 is 15.6 Å². The second kappa shape index (κ2) is 13.5. The molecule has 238 valence electrons. The Hall–Kier alpha value is -5.48. The summed E-state index contributed by atoms with van der Waals surface area (Å²) in [5.74, 6) is -0.675. The van der Waals surface area contributed by atoms with E-state index in [1.807, 2.05) is 0 Å². The maximum atomic E-state index is 12.7. The molecule has 0 spiro atoms. The van der Waals surface area contributed by atoms with Crippen molar-refractivity contribution in [2.45, 2.75) is 25.3 Å². The van der Waals surface area contributed by atoms with Crippen molar-refractivity contribution in [2.24, 2.45) is 7.05 Å². The Morgan fingerprint density at radius 3 is 2.28 bits per heavy atom. The van der Waals surface area contributed by atoms with Crippen molar-refractivity contribution in [3.8, 4) is 16.9 Å². The molecule has 1 N–H and O–H groups in total. The number of nitrogens with zero attached hydrogens (tertiary/aromatic N) is 2. The first-order valence-corrected chi connectivity index (χ1v) is 15.0. The number of halogens is 3. The first-order valence-electron chi connectivity index (χ1n) is 15.0. The summed E-state index contributed by atoms with van der Waals surface area (Å²) in [7, 11) is 1.50. The predicted octanol–water partition coefficient (Wildman–Crippen LogP) is 8.44. The highest BCUT2D eigenvalue weighted by atomic mass is 19.4. The summed E-state index contributed by atoms with van der Waals surface area (Å²) in [4.78, 5) is 29.6. The molecule has 0 bridgehead atoms. The topological polar surface area (TPSA) is 82.5 Å². The van der Waals surface area contributed by atoms with E-state index >= 15 is 0 Å². The molecule has 0 saturated carbocycles. The van der Waals surface area contributed by atoms with Crippen LogP contribution in [0.25, 0.3) is 32.8 Å². The first kappa shape index (κ1) is 31.5. The molecule has 5 aromatic carbocycles. The van der Waals surface area contributed by atoms with E-state index in [1.165, 1.54) is 65.1 Å². The van der Waals surface area contributed by atoms with Crippen molar-refractivity contribution >= 4 is 33.5 Å². The number of rotatable bonds is 5. The molecule has 1 saturated heterocycles. The molecule has 0 aliphatic carbocycles. The lowest BCUT2D eigenvalue weighted by Crippen LogP contribution is -2.25. The summed E-state index contributed by atoms with van der Waals surface area (Å²) < 4.78 is 47.9. The smallest absolute Gasteiger partial charge is 0.406 e. The predicted molar refractivity (Wildman–Crippen MR) is 175 cm³/mol. The summed E-state index contributed by atoms with van der Waals surface area (Å²) in [6.07, 6.45) is -2.08. The van der Waals surface area contributed by atoms with E-state index in [1.54, 1.807) is 48.5 Å². The van der Waals surface area contributed by atoms with Crippen LogP contribution in [0.15, 0.2) is 120 Å². The van der Waals surface area contributed by atoms with E-state index in [-0.39, 0.29) is 17.3 Å². The lowest BCUT2D eigenvalue weighted by Gasteiger charge is -2.12. The number of alkyl halides is 3. The van der Waals surface area contributed by atoms with E-state index in [2.05, 4.69) is 57.5 Å². The van der Waals surface area contributed by atoms with E-state index in [0.717, 1.165) is 6.61 Å². The SMILES string of the molecule is Cn1c(NC(=O)c2ccccc2)nc2cc(-c3ccc(OC(F)(F)F)cc3)ccc2c1=O.c1ccc2cc([C@@H]3CCCO3)ccc2c1. The summed E-state index contributed by atoms with van der Waals surface area (Å²) in [5.41, 5.74) is 2.97. The number of hydrogen-bond acceptors (Lipinski definition) is 5. The van der Waals surface area contributed by atoms with Crippen LogP contribution in [0, 0.1) is 0 Å². The quantitative estimate of drug-likeness (QED) is 0.205. The third-order valence-electron chi connectivity index (χ3n) is 7.83. The molecule has 1 aromatic heterocycles. The Labute approximate surface area is 268 Å². The molecule has 1 atom stereocenters. The Kier molecular flexibility index (Phi) is 9.03. The Morgan fingerprint density at radius 2 is 1.57 bits per heavy atom. The van der Waals surface area contributed by atoms with Crippen molar-refractivity contribution < 1.29 is 27.4 Å². The fraction of sp³-hybridized carbons (Fsp3) is 0.162. The molecule has 1 aliphatic rings. The molecule has 1 amide bonds. The van der Waals surface area contributed by atoms with Gasteiger partial charge < -0.3 is 9.47 Å². The van der Waals surface area contributed by atoms with Gasteiger partial charge in [-0.3, -0.25) is 19.5 Å². The van der Waals surface area contributed by atoms with Gasteiger partial charge in [-0.15, -0.1) is 13.2 Å². The van der Waals surface area contributed by atoms with Crippen LogP contribution in [0.5, 0.6) is 5.75 Å². The van der Waals surface area contributed by atoms with Gasteiger partial charge in [0, 0.05) is 19.2 Å². The molecule has 7 nitrogen and oxygen atoms in total. The zero-order valence-corrected chi connectivity index (χ0v) is 25.3. The first-order chi connectivity index (χ1) is 22.6. The van der Waals surface area contributed by atoms with Crippen LogP contribution in [0.1, 0.15) is 34.9 Å². The molecule has 7 rings (SSSR count). The van der Waals surface area contributed by atoms with Gasteiger partial charge in [-0.2, -0.15) is 0 Å². The molecule has 2 heterocycles. The van der Waals surface area contributed by atoms with Gasteiger partial charge in [0.25, 0.3) is 11.5 Å². The summed E-state index contributed by atoms with van der Waals surface area (Å²) >= 11 is 0. The van der Waals surface area contributed by atoms with E-state index < -0.39 is 12.3 Å². The van der Waals surface area contributed by atoms with E-state index in [9.17, 15) is 22.8 Å². The average molecular weight is 638 g/mol. The molecule has 1 aliphatic heterocycles. The van der Waals surface area contributed by atoms with Crippen LogP contribution in [-0.2, 0) is 11.8 Å². The van der Waals surface area contributed by atoms with Crippen molar-refractivity contribution in [1.29, 1.82) is 0 Å². The van der Waals surface area contributed by atoms with Gasteiger partial charge in [-0.05, 0) is 82.8 Å². The average Bonchev–Trinajstić information content (AvgIpc) is 3.62. The summed E-state index contributed by atoms with van der Waals surface area (Å²) in [6.45, 7) is 0.914. The van der Waals surface area contributed by atoms with Crippen molar-refractivity contribution in [3.05, 3.63) is 137 Å². The highest BCUT2D eigenvalue weighted by molar-refractivity contribution is 6.03. The zero-order valence-electron chi connectivity index (χ0n) is 25.3.